The molecule has 1 aliphatic rings. The van der Waals surface area contributed by atoms with Crippen LogP contribution in [0.25, 0.3) is 0 Å². The van der Waals surface area contributed by atoms with Gasteiger partial charge >= 0.3 is 0 Å². The molecule has 1 saturated heterocycles. The Morgan fingerprint density at radius 3 is 2.51 bits per heavy atom. The van der Waals surface area contributed by atoms with E-state index in [1.807, 2.05) is 6.92 Å². The summed E-state index contributed by atoms with van der Waals surface area (Å²) in [7, 11) is -3.65. The number of thiazole rings is 1. The molecule has 1 aliphatic heterocycles. The van der Waals surface area contributed by atoms with Crippen LogP contribution in [0, 0.1) is 12.7 Å². The second kappa shape index (κ2) is 11.7. The maximum Gasteiger partial charge on any atom is 0.270 e. The van der Waals surface area contributed by atoms with Crippen molar-refractivity contribution in [3.05, 3.63) is 80.5 Å². The van der Waals surface area contributed by atoms with Gasteiger partial charge in [0, 0.05) is 37.5 Å². The summed E-state index contributed by atoms with van der Waals surface area (Å²) < 4.78 is 41.3. The molecule has 4 rings (SSSR count). The normalized spacial score (nSPS) is 14.5. The van der Waals surface area contributed by atoms with Gasteiger partial charge in [0.15, 0.2) is 0 Å². The Balaban J connectivity index is 1.25. The monoisotopic (exact) mass is 564 g/mol. The summed E-state index contributed by atoms with van der Waals surface area (Å²) >= 11 is 7.40. The summed E-state index contributed by atoms with van der Waals surface area (Å²) in [6.45, 7) is 2.87. The van der Waals surface area contributed by atoms with Crippen LogP contribution in [0.5, 0.6) is 0 Å². The molecule has 0 unspecified atom stereocenters. The first-order valence-electron chi connectivity index (χ1n) is 11.7. The molecular formula is C25H26ClFN4O4S2. The Bertz CT molecular complexity index is 1370. The van der Waals surface area contributed by atoms with Crippen molar-refractivity contribution in [2.75, 3.05) is 26.2 Å². The molecule has 0 bridgehead atoms. The van der Waals surface area contributed by atoms with Crippen LogP contribution in [0.3, 0.4) is 0 Å². The zero-order valence-corrected chi connectivity index (χ0v) is 22.4. The van der Waals surface area contributed by atoms with E-state index in [1.165, 1.54) is 41.7 Å². The van der Waals surface area contributed by atoms with Crippen molar-refractivity contribution in [1.29, 1.82) is 0 Å². The lowest BCUT2D eigenvalue weighted by Crippen LogP contribution is -2.38. The molecule has 2 amide bonds. The smallest absolute Gasteiger partial charge is 0.270 e. The standard InChI is InChI=1S/C25H26ClFN4O4S2/c1-16-5-7-18(8-6-16)37(34,35)29-12-11-28-23(32)21-15-36-24(30-21)17-9-13-31(14-10-17)25(33)22-19(26)3-2-4-20(22)27/h2-8,15,17,29H,9-14H2,1H3,(H,28,32). The summed E-state index contributed by atoms with van der Waals surface area (Å²) in [5.41, 5.74) is 1.11. The van der Waals surface area contributed by atoms with Crippen LogP contribution in [-0.2, 0) is 10.0 Å². The number of halogens is 2. The van der Waals surface area contributed by atoms with Crippen molar-refractivity contribution in [2.45, 2.75) is 30.6 Å². The van der Waals surface area contributed by atoms with Crippen LogP contribution < -0.4 is 10.0 Å². The first-order chi connectivity index (χ1) is 17.7. The van der Waals surface area contributed by atoms with Crippen LogP contribution in [-0.4, -0.2) is 56.3 Å². The van der Waals surface area contributed by atoms with Crippen LogP contribution >= 0.6 is 22.9 Å². The minimum Gasteiger partial charge on any atom is -0.349 e. The van der Waals surface area contributed by atoms with Gasteiger partial charge in [0.1, 0.15) is 11.5 Å². The summed E-state index contributed by atoms with van der Waals surface area (Å²) in [4.78, 5) is 31.4. The number of nitrogens with zero attached hydrogens (tertiary/aromatic N) is 2. The van der Waals surface area contributed by atoms with E-state index in [4.69, 9.17) is 11.6 Å². The fourth-order valence-corrected chi connectivity index (χ4v) is 6.27. The number of rotatable bonds is 8. The van der Waals surface area contributed by atoms with Gasteiger partial charge in [0.2, 0.25) is 10.0 Å². The highest BCUT2D eigenvalue weighted by atomic mass is 35.5. The summed E-state index contributed by atoms with van der Waals surface area (Å²) in [6, 6.07) is 10.7. The molecule has 0 aliphatic carbocycles. The van der Waals surface area contributed by atoms with E-state index in [2.05, 4.69) is 15.0 Å². The number of nitrogens with one attached hydrogen (secondary N) is 2. The number of sulfonamides is 1. The third-order valence-corrected chi connectivity index (χ3v) is 8.90. The van der Waals surface area contributed by atoms with E-state index in [1.54, 1.807) is 22.4 Å². The van der Waals surface area contributed by atoms with Crippen molar-refractivity contribution in [3.8, 4) is 0 Å². The lowest BCUT2D eigenvalue weighted by molar-refractivity contribution is 0.0708. The van der Waals surface area contributed by atoms with Crippen LogP contribution in [0.15, 0.2) is 52.7 Å². The highest BCUT2D eigenvalue weighted by Crippen LogP contribution is 2.32. The number of piperidine rings is 1. The second-order valence-corrected chi connectivity index (χ2v) is 11.8. The molecule has 12 heteroatoms. The number of likely N-dealkylation sites (tertiary alicyclic amines) is 1. The molecule has 2 aromatic carbocycles. The number of benzene rings is 2. The Hall–Kier alpha value is -2.86. The van der Waals surface area contributed by atoms with Crippen molar-refractivity contribution in [3.63, 3.8) is 0 Å². The number of hydrogen-bond donors (Lipinski definition) is 2. The van der Waals surface area contributed by atoms with Crippen LogP contribution in [0.2, 0.25) is 5.02 Å². The Kier molecular flexibility index (Phi) is 8.58. The lowest BCUT2D eigenvalue weighted by atomic mass is 9.97. The van der Waals surface area contributed by atoms with Gasteiger partial charge in [-0.2, -0.15) is 0 Å². The van der Waals surface area contributed by atoms with Crippen molar-refractivity contribution in [2.24, 2.45) is 0 Å². The summed E-state index contributed by atoms with van der Waals surface area (Å²) in [6.07, 6.45) is 1.26. The number of aryl methyl sites for hydroxylation is 1. The van der Waals surface area contributed by atoms with Gasteiger partial charge in [-0.25, -0.2) is 22.5 Å². The van der Waals surface area contributed by atoms with Gasteiger partial charge < -0.3 is 10.2 Å². The van der Waals surface area contributed by atoms with Crippen molar-refractivity contribution < 1.29 is 22.4 Å². The molecule has 2 N–H and O–H groups in total. The van der Waals surface area contributed by atoms with Gasteiger partial charge in [0.05, 0.1) is 20.5 Å². The van der Waals surface area contributed by atoms with E-state index >= 15 is 0 Å². The zero-order valence-electron chi connectivity index (χ0n) is 20.0. The molecule has 3 aromatic rings. The van der Waals surface area contributed by atoms with Gasteiger partial charge in [-0.3, -0.25) is 9.59 Å². The molecule has 37 heavy (non-hydrogen) atoms. The fraction of sp³-hybridized carbons (Fsp3) is 0.320. The van der Waals surface area contributed by atoms with E-state index in [-0.39, 0.29) is 46.1 Å². The maximum absolute atomic E-state index is 14.1. The quantitative estimate of drug-likeness (QED) is 0.402. The van der Waals surface area contributed by atoms with E-state index in [0.717, 1.165) is 10.6 Å². The molecule has 8 nitrogen and oxygen atoms in total. The fourth-order valence-electron chi connectivity index (χ4n) is 4.02. The molecule has 1 fully saturated rings. The number of amides is 2. The summed E-state index contributed by atoms with van der Waals surface area (Å²) in [5, 5.41) is 5.22. The first-order valence-corrected chi connectivity index (χ1v) is 14.4. The Morgan fingerprint density at radius 1 is 1.14 bits per heavy atom. The van der Waals surface area contributed by atoms with E-state index in [9.17, 15) is 22.4 Å². The number of carbonyl (C=O) groups is 2. The van der Waals surface area contributed by atoms with Crippen molar-refractivity contribution >= 4 is 44.8 Å². The molecule has 196 valence electrons. The molecule has 1 aromatic heterocycles. The Morgan fingerprint density at radius 2 is 1.84 bits per heavy atom. The number of hydrogen-bond acceptors (Lipinski definition) is 6. The van der Waals surface area contributed by atoms with Gasteiger partial charge in [-0.05, 0) is 44.0 Å². The highest BCUT2D eigenvalue weighted by molar-refractivity contribution is 7.89. The maximum atomic E-state index is 14.1. The van der Waals surface area contributed by atoms with Crippen LogP contribution in [0.1, 0.15) is 50.2 Å². The topological polar surface area (TPSA) is 108 Å². The van der Waals surface area contributed by atoms with Crippen LogP contribution in [0.4, 0.5) is 4.39 Å². The largest absolute Gasteiger partial charge is 0.349 e. The summed E-state index contributed by atoms with van der Waals surface area (Å²) in [5.74, 6) is -1.39. The lowest BCUT2D eigenvalue weighted by Gasteiger charge is -2.31. The third-order valence-electron chi connectivity index (χ3n) is 6.10. The predicted octanol–water partition coefficient (Wildman–Crippen LogP) is 3.97. The predicted molar refractivity (Wildman–Crippen MR) is 140 cm³/mol. The van der Waals surface area contributed by atoms with Gasteiger partial charge in [-0.15, -0.1) is 11.3 Å². The molecule has 0 atom stereocenters. The minimum atomic E-state index is -3.65. The number of aromatic nitrogens is 1. The molecule has 0 radical (unpaired) electrons. The van der Waals surface area contributed by atoms with Crippen molar-refractivity contribution in [1.82, 2.24) is 19.9 Å². The molecule has 0 spiro atoms. The molecular weight excluding hydrogens is 539 g/mol. The number of carbonyl (C=O) groups excluding carboxylic acids is 2. The van der Waals surface area contributed by atoms with Gasteiger partial charge in [-0.1, -0.05) is 35.4 Å². The zero-order chi connectivity index (χ0) is 26.6. The molecule has 0 saturated carbocycles. The average molecular weight is 565 g/mol. The second-order valence-electron chi connectivity index (χ2n) is 8.70. The average Bonchev–Trinajstić information content (AvgIpc) is 3.37. The third kappa shape index (κ3) is 6.53. The van der Waals surface area contributed by atoms with E-state index < -0.39 is 21.7 Å². The van der Waals surface area contributed by atoms with E-state index in [0.29, 0.717) is 25.9 Å². The minimum absolute atomic E-state index is 0.0391. The van der Waals surface area contributed by atoms with Gasteiger partial charge in [0.25, 0.3) is 11.8 Å². The molecule has 2 heterocycles. The first kappa shape index (κ1) is 27.2. The SMILES string of the molecule is Cc1ccc(S(=O)(=O)NCCNC(=O)c2csc(C3CCN(C(=O)c4c(F)cccc4Cl)CC3)n2)cc1. The highest BCUT2D eigenvalue weighted by Gasteiger charge is 2.29. The Labute approximate surface area is 223 Å².